The Morgan fingerprint density at radius 2 is 2.33 bits per heavy atom. The zero-order valence-corrected chi connectivity index (χ0v) is 12.0. The largest absolute Gasteiger partial charge is 0.481 e. The number of carbonyl (C=O) groups is 1. The lowest BCUT2D eigenvalue weighted by Crippen LogP contribution is -2.31. The number of hydrogen-bond donors (Lipinski definition) is 2. The lowest BCUT2D eigenvalue weighted by molar-refractivity contribution is -0.142. The van der Waals surface area contributed by atoms with Gasteiger partial charge in [-0.2, -0.15) is 0 Å². The van der Waals surface area contributed by atoms with Gasteiger partial charge < -0.3 is 10.4 Å². The van der Waals surface area contributed by atoms with Gasteiger partial charge in [0.1, 0.15) is 0 Å². The van der Waals surface area contributed by atoms with Gasteiger partial charge in [-0.25, -0.2) is 4.98 Å². The number of pyridine rings is 1. The molecule has 1 aromatic heterocycles. The van der Waals surface area contributed by atoms with Crippen LogP contribution in [0.5, 0.6) is 0 Å². The third-order valence-corrected chi connectivity index (χ3v) is 3.92. The van der Waals surface area contributed by atoms with Crippen molar-refractivity contribution in [3.05, 3.63) is 21.9 Å². The van der Waals surface area contributed by atoms with Crippen LogP contribution in [0.3, 0.4) is 0 Å². The molecular formula is C12H14BrClN2O2. The van der Waals surface area contributed by atoms with Crippen LogP contribution in [0.4, 0.5) is 5.69 Å². The van der Waals surface area contributed by atoms with Crippen molar-refractivity contribution in [1.29, 1.82) is 0 Å². The fourth-order valence-corrected chi connectivity index (χ4v) is 2.78. The van der Waals surface area contributed by atoms with Gasteiger partial charge in [-0.1, -0.05) is 18.0 Å². The minimum absolute atomic E-state index is 0.147. The Bertz CT molecular complexity index is 456. The van der Waals surface area contributed by atoms with Crippen LogP contribution < -0.4 is 5.32 Å². The molecule has 1 fully saturated rings. The van der Waals surface area contributed by atoms with Crippen molar-refractivity contribution in [3.8, 4) is 0 Å². The van der Waals surface area contributed by atoms with Gasteiger partial charge in [-0.3, -0.25) is 4.79 Å². The van der Waals surface area contributed by atoms with E-state index in [0.717, 1.165) is 29.4 Å². The van der Waals surface area contributed by atoms with Crippen molar-refractivity contribution in [3.63, 3.8) is 0 Å². The first-order chi connectivity index (χ1) is 8.56. The van der Waals surface area contributed by atoms with E-state index in [9.17, 15) is 4.79 Å². The van der Waals surface area contributed by atoms with E-state index >= 15 is 0 Å². The second-order valence-electron chi connectivity index (χ2n) is 4.53. The topological polar surface area (TPSA) is 62.2 Å². The molecule has 0 aliphatic heterocycles. The fourth-order valence-electron chi connectivity index (χ4n) is 2.29. The van der Waals surface area contributed by atoms with Gasteiger partial charge in [-0.05, 0) is 41.3 Å². The van der Waals surface area contributed by atoms with E-state index in [-0.39, 0.29) is 12.0 Å². The Hall–Kier alpha value is -0.810. The number of rotatable bonds is 3. The summed E-state index contributed by atoms with van der Waals surface area (Å²) in [6.45, 7) is 0. The second kappa shape index (κ2) is 5.89. The van der Waals surface area contributed by atoms with Gasteiger partial charge in [0.25, 0.3) is 0 Å². The van der Waals surface area contributed by atoms with Gasteiger partial charge in [0, 0.05) is 16.7 Å². The third-order valence-electron chi connectivity index (χ3n) is 3.19. The van der Waals surface area contributed by atoms with Crippen LogP contribution in [-0.2, 0) is 4.79 Å². The number of nitrogens with one attached hydrogen (secondary N) is 1. The van der Waals surface area contributed by atoms with E-state index < -0.39 is 5.97 Å². The molecule has 0 saturated heterocycles. The first-order valence-electron chi connectivity index (χ1n) is 5.86. The molecule has 0 radical (unpaired) electrons. The van der Waals surface area contributed by atoms with Gasteiger partial charge >= 0.3 is 5.97 Å². The Morgan fingerprint density at radius 3 is 3.06 bits per heavy atom. The Kier molecular flexibility index (Phi) is 4.45. The Morgan fingerprint density at radius 1 is 1.56 bits per heavy atom. The minimum Gasteiger partial charge on any atom is -0.481 e. The van der Waals surface area contributed by atoms with E-state index in [1.54, 1.807) is 6.20 Å². The maximum absolute atomic E-state index is 11.0. The van der Waals surface area contributed by atoms with Crippen LogP contribution in [0.2, 0.25) is 5.15 Å². The number of carboxylic acid groups (broad SMARTS) is 1. The van der Waals surface area contributed by atoms with Crippen molar-refractivity contribution in [2.75, 3.05) is 5.32 Å². The number of aromatic nitrogens is 1. The van der Waals surface area contributed by atoms with Crippen LogP contribution in [0, 0.1) is 5.92 Å². The molecule has 0 bridgehead atoms. The van der Waals surface area contributed by atoms with Crippen molar-refractivity contribution >= 4 is 39.2 Å². The summed E-state index contributed by atoms with van der Waals surface area (Å²) in [6.07, 6.45) is 4.92. The molecule has 2 rings (SSSR count). The van der Waals surface area contributed by atoms with E-state index in [1.165, 1.54) is 0 Å². The van der Waals surface area contributed by atoms with Crippen molar-refractivity contribution in [2.24, 2.45) is 5.92 Å². The first kappa shape index (κ1) is 13.6. The number of nitrogens with zero attached hydrogens (tertiary/aromatic N) is 1. The van der Waals surface area contributed by atoms with Crippen molar-refractivity contribution < 1.29 is 9.90 Å². The van der Waals surface area contributed by atoms with Crippen molar-refractivity contribution in [2.45, 2.75) is 31.7 Å². The van der Waals surface area contributed by atoms with Gasteiger partial charge in [-0.15, -0.1) is 0 Å². The Balaban J connectivity index is 2.04. The quantitative estimate of drug-likeness (QED) is 0.830. The summed E-state index contributed by atoms with van der Waals surface area (Å²) >= 11 is 9.34. The number of anilines is 1. The van der Waals surface area contributed by atoms with Crippen LogP contribution in [0.25, 0.3) is 0 Å². The second-order valence-corrected chi connectivity index (χ2v) is 5.81. The molecule has 1 saturated carbocycles. The maximum atomic E-state index is 11.0. The highest BCUT2D eigenvalue weighted by Gasteiger charge is 2.27. The summed E-state index contributed by atoms with van der Waals surface area (Å²) in [7, 11) is 0. The zero-order valence-electron chi connectivity index (χ0n) is 9.70. The molecule has 1 aliphatic rings. The van der Waals surface area contributed by atoms with Crippen LogP contribution in [-0.4, -0.2) is 22.1 Å². The standard InChI is InChI=1S/C12H14BrClN2O2/c13-8-5-10(11(14)15-6-8)16-9-3-1-2-7(4-9)12(17)18/h5-7,9,16H,1-4H2,(H,17,18). The average molecular weight is 334 g/mol. The van der Waals surface area contributed by atoms with E-state index in [2.05, 4.69) is 26.2 Å². The molecule has 1 heterocycles. The smallest absolute Gasteiger partial charge is 0.306 e. The van der Waals surface area contributed by atoms with Crippen LogP contribution >= 0.6 is 27.5 Å². The molecule has 98 valence electrons. The molecule has 0 aromatic carbocycles. The Labute approximate surface area is 119 Å². The van der Waals surface area contributed by atoms with Gasteiger partial charge in [0.15, 0.2) is 5.15 Å². The monoisotopic (exact) mass is 332 g/mol. The summed E-state index contributed by atoms with van der Waals surface area (Å²) in [5, 5.41) is 12.7. The average Bonchev–Trinajstić information content (AvgIpc) is 2.34. The van der Waals surface area contributed by atoms with Crippen LogP contribution in [0.15, 0.2) is 16.7 Å². The molecular weight excluding hydrogens is 320 g/mol. The summed E-state index contributed by atoms with van der Waals surface area (Å²) in [4.78, 5) is 15.0. The highest BCUT2D eigenvalue weighted by molar-refractivity contribution is 9.10. The maximum Gasteiger partial charge on any atom is 0.306 e. The third kappa shape index (κ3) is 3.36. The molecule has 2 N–H and O–H groups in total. The molecule has 2 unspecified atom stereocenters. The molecule has 1 aliphatic carbocycles. The number of aliphatic carboxylic acids is 1. The lowest BCUT2D eigenvalue weighted by atomic mass is 9.86. The van der Waals surface area contributed by atoms with Gasteiger partial charge in [0.05, 0.1) is 11.6 Å². The summed E-state index contributed by atoms with van der Waals surface area (Å²) in [5.41, 5.74) is 0.752. The molecule has 1 aromatic rings. The minimum atomic E-state index is -0.708. The molecule has 18 heavy (non-hydrogen) atoms. The normalized spacial score (nSPS) is 23.7. The fraction of sp³-hybridized carbons (Fsp3) is 0.500. The highest BCUT2D eigenvalue weighted by atomic mass is 79.9. The highest BCUT2D eigenvalue weighted by Crippen LogP contribution is 2.30. The van der Waals surface area contributed by atoms with Gasteiger partial charge in [0.2, 0.25) is 0 Å². The van der Waals surface area contributed by atoms with E-state index in [0.29, 0.717) is 11.6 Å². The molecule has 4 nitrogen and oxygen atoms in total. The summed E-state index contributed by atoms with van der Waals surface area (Å²) in [5.74, 6) is -0.963. The van der Waals surface area contributed by atoms with Crippen LogP contribution in [0.1, 0.15) is 25.7 Å². The number of hydrogen-bond acceptors (Lipinski definition) is 3. The lowest BCUT2D eigenvalue weighted by Gasteiger charge is -2.28. The first-order valence-corrected chi connectivity index (χ1v) is 7.03. The zero-order chi connectivity index (χ0) is 13.1. The predicted octanol–water partition coefficient (Wildman–Crippen LogP) is 3.55. The van der Waals surface area contributed by atoms with E-state index in [4.69, 9.17) is 16.7 Å². The molecule has 0 amide bonds. The molecule has 6 heteroatoms. The molecule has 2 atom stereocenters. The summed E-state index contributed by atoms with van der Waals surface area (Å²) < 4.78 is 0.847. The molecule has 0 spiro atoms. The number of carboxylic acids is 1. The summed E-state index contributed by atoms with van der Waals surface area (Å²) in [6, 6.07) is 2.01. The predicted molar refractivity (Wildman–Crippen MR) is 74.0 cm³/mol. The number of halogens is 2. The SMILES string of the molecule is O=C(O)C1CCCC(Nc2cc(Br)cnc2Cl)C1. The van der Waals surface area contributed by atoms with Crippen molar-refractivity contribution in [1.82, 2.24) is 4.98 Å². The van der Waals surface area contributed by atoms with E-state index in [1.807, 2.05) is 6.07 Å².